The van der Waals surface area contributed by atoms with Gasteiger partial charge in [-0.25, -0.2) is 9.59 Å². The monoisotopic (exact) mass is 289 g/mol. The molecule has 1 amide bonds. The molecular formula is C16H19NO4. The van der Waals surface area contributed by atoms with E-state index >= 15 is 0 Å². The molecule has 0 aliphatic carbocycles. The molecule has 112 valence electrons. The zero-order valence-electron chi connectivity index (χ0n) is 12.4. The fourth-order valence-electron chi connectivity index (χ4n) is 1.89. The van der Waals surface area contributed by atoms with Crippen LogP contribution in [0.4, 0.5) is 4.79 Å². The Bertz CT molecular complexity index is 584. The Morgan fingerprint density at radius 3 is 2.90 bits per heavy atom. The highest BCUT2D eigenvalue weighted by Gasteiger charge is 2.20. The van der Waals surface area contributed by atoms with Gasteiger partial charge in [-0.15, -0.1) is 0 Å². The van der Waals surface area contributed by atoms with Gasteiger partial charge in [-0.1, -0.05) is 24.3 Å². The van der Waals surface area contributed by atoms with E-state index < -0.39 is 11.7 Å². The van der Waals surface area contributed by atoms with Crippen LogP contribution in [0.3, 0.4) is 0 Å². The summed E-state index contributed by atoms with van der Waals surface area (Å²) in [6, 6.07) is 5.57. The summed E-state index contributed by atoms with van der Waals surface area (Å²) in [5.74, 6) is -0.285. The van der Waals surface area contributed by atoms with E-state index in [2.05, 4.69) is 5.32 Å². The molecule has 1 aliphatic rings. The second-order valence-electron chi connectivity index (χ2n) is 5.78. The first-order valence-electron chi connectivity index (χ1n) is 6.78. The van der Waals surface area contributed by atoms with Crippen LogP contribution in [0.15, 0.2) is 24.3 Å². The van der Waals surface area contributed by atoms with Crippen LogP contribution in [-0.4, -0.2) is 24.2 Å². The molecule has 0 radical (unpaired) electrons. The van der Waals surface area contributed by atoms with Crippen LogP contribution in [0.2, 0.25) is 0 Å². The molecule has 1 aromatic carbocycles. The lowest BCUT2D eigenvalue weighted by atomic mass is 10.1. The van der Waals surface area contributed by atoms with Crippen molar-refractivity contribution >= 4 is 18.1 Å². The van der Waals surface area contributed by atoms with Crippen LogP contribution >= 0.6 is 0 Å². The number of amides is 1. The summed E-state index contributed by atoms with van der Waals surface area (Å²) in [6.07, 6.45) is 3.18. The van der Waals surface area contributed by atoms with E-state index in [0.29, 0.717) is 18.7 Å². The SMILES string of the molecule is CC(C)(C)OC(=O)NCC=Cc1ccc2c(c1)C(=O)OC2. The molecule has 5 heteroatoms. The number of carbonyl (C=O) groups excluding carboxylic acids is 2. The number of fused-ring (bicyclic) bond motifs is 1. The zero-order valence-corrected chi connectivity index (χ0v) is 12.4. The van der Waals surface area contributed by atoms with Crippen LogP contribution in [-0.2, 0) is 16.1 Å². The van der Waals surface area contributed by atoms with Crippen LogP contribution in [0.1, 0.15) is 42.3 Å². The third-order valence-electron chi connectivity index (χ3n) is 2.79. The molecule has 5 nitrogen and oxygen atoms in total. The first kappa shape index (κ1) is 15.1. The van der Waals surface area contributed by atoms with Crippen molar-refractivity contribution < 1.29 is 19.1 Å². The van der Waals surface area contributed by atoms with Crippen molar-refractivity contribution in [3.8, 4) is 0 Å². The number of cyclic esters (lactones) is 1. The molecule has 0 unspecified atom stereocenters. The van der Waals surface area contributed by atoms with Crippen LogP contribution in [0.5, 0.6) is 0 Å². The number of rotatable bonds is 3. The predicted molar refractivity (Wildman–Crippen MR) is 78.8 cm³/mol. The maximum atomic E-state index is 11.4. The van der Waals surface area contributed by atoms with Gasteiger partial charge in [0.15, 0.2) is 0 Å². The first-order valence-corrected chi connectivity index (χ1v) is 6.78. The summed E-state index contributed by atoms with van der Waals surface area (Å²) in [5.41, 5.74) is 1.90. The Kier molecular flexibility index (Phi) is 4.31. The number of nitrogens with one attached hydrogen (secondary N) is 1. The molecule has 0 spiro atoms. The molecule has 1 aromatic rings. The Balaban J connectivity index is 1.87. The molecule has 0 fully saturated rings. The van der Waals surface area contributed by atoms with Crippen LogP contribution in [0, 0.1) is 0 Å². The standard InChI is InChI=1S/C16H19NO4/c1-16(2,3)21-15(19)17-8-4-5-11-6-7-12-10-20-14(18)13(12)9-11/h4-7,9H,8,10H2,1-3H3,(H,17,19). The normalized spacial score (nSPS) is 14.0. The van der Waals surface area contributed by atoms with E-state index in [1.54, 1.807) is 12.1 Å². The molecule has 2 rings (SSSR count). The van der Waals surface area contributed by atoms with Crippen molar-refractivity contribution in [1.29, 1.82) is 0 Å². The second kappa shape index (κ2) is 5.99. The fraction of sp³-hybridized carbons (Fsp3) is 0.375. The lowest BCUT2D eigenvalue weighted by Crippen LogP contribution is -2.32. The van der Waals surface area contributed by atoms with Gasteiger partial charge in [-0.3, -0.25) is 0 Å². The number of hydrogen-bond acceptors (Lipinski definition) is 4. The highest BCUT2D eigenvalue weighted by Crippen LogP contribution is 2.21. The van der Waals surface area contributed by atoms with Gasteiger partial charge >= 0.3 is 12.1 Å². The summed E-state index contributed by atoms with van der Waals surface area (Å²) in [5, 5.41) is 2.63. The molecule has 1 N–H and O–H groups in total. The number of alkyl carbamates (subject to hydrolysis) is 1. The maximum Gasteiger partial charge on any atom is 0.407 e. The van der Waals surface area contributed by atoms with Gasteiger partial charge in [0.1, 0.15) is 12.2 Å². The molecule has 0 saturated carbocycles. The molecule has 21 heavy (non-hydrogen) atoms. The number of benzene rings is 1. The van der Waals surface area contributed by atoms with E-state index in [1.807, 2.05) is 39.0 Å². The third-order valence-corrected chi connectivity index (χ3v) is 2.79. The van der Waals surface area contributed by atoms with Crippen molar-refractivity contribution in [3.05, 3.63) is 41.0 Å². The maximum absolute atomic E-state index is 11.4. The molecule has 0 bridgehead atoms. The van der Waals surface area contributed by atoms with Gasteiger partial charge in [0, 0.05) is 12.1 Å². The third kappa shape index (κ3) is 4.34. The summed E-state index contributed by atoms with van der Waals surface area (Å²) >= 11 is 0. The highest BCUT2D eigenvalue weighted by atomic mass is 16.6. The van der Waals surface area contributed by atoms with Crippen molar-refractivity contribution in [2.75, 3.05) is 6.54 Å². The van der Waals surface area contributed by atoms with E-state index in [-0.39, 0.29) is 5.97 Å². The molecule has 0 atom stereocenters. The molecule has 0 aromatic heterocycles. The molecule has 1 heterocycles. The average Bonchev–Trinajstić information content (AvgIpc) is 2.74. The van der Waals surface area contributed by atoms with Crippen LogP contribution < -0.4 is 5.32 Å². The minimum absolute atomic E-state index is 0.285. The Hall–Kier alpha value is -2.30. The minimum atomic E-state index is -0.506. The quantitative estimate of drug-likeness (QED) is 0.869. The van der Waals surface area contributed by atoms with E-state index in [4.69, 9.17) is 9.47 Å². The first-order chi connectivity index (χ1) is 9.85. The van der Waals surface area contributed by atoms with Crippen molar-refractivity contribution in [2.45, 2.75) is 33.0 Å². The van der Waals surface area contributed by atoms with Crippen molar-refractivity contribution in [1.82, 2.24) is 5.32 Å². The van der Waals surface area contributed by atoms with E-state index in [1.165, 1.54) is 0 Å². The Morgan fingerprint density at radius 1 is 1.43 bits per heavy atom. The average molecular weight is 289 g/mol. The fourth-order valence-corrected chi connectivity index (χ4v) is 1.89. The van der Waals surface area contributed by atoms with Gasteiger partial charge in [-0.2, -0.15) is 0 Å². The molecular weight excluding hydrogens is 270 g/mol. The van der Waals surface area contributed by atoms with Gasteiger partial charge in [0.05, 0.1) is 5.56 Å². The molecule has 0 saturated heterocycles. The number of hydrogen-bond donors (Lipinski definition) is 1. The summed E-state index contributed by atoms with van der Waals surface area (Å²) < 4.78 is 10.1. The van der Waals surface area contributed by atoms with Crippen molar-refractivity contribution in [3.63, 3.8) is 0 Å². The van der Waals surface area contributed by atoms with E-state index in [9.17, 15) is 9.59 Å². The summed E-state index contributed by atoms with van der Waals surface area (Å²) in [4.78, 5) is 22.9. The van der Waals surface area contributed by atoms with Gasteiger partial charge in [0.25, 0.3) is 0 Å². The van der Waals surface area contributed by atoms with Gasteiger partial charge in [0.2, 0.25) is 0 Å². The van der Waals surface area contributed by atoms with E-state index in [0.717, 1.165) is 11.1 Å². The van der Waals surface area contributed by atoms with Crippen molar-refractivity contribution in [2.24, 2.45) is 0 Å². The summed E-state index contributed by atoms with van der Waals surface area (Å²) in [7, 11) is 0. The zero-order chi connectivity index (χ0) is 15.5. The topological polar surface area (TPSA) is 64.6 Å². The van der Waals surface area contributed by atoms with Gasteiger partial charge in [-0.05, 0) is 32.4 Å². The second-order valence-corrected chi connectivity index (χ2v) is 5.78. The lowest BCUT2D eigenvalue weighted by molar-refractivity contribution is 0.0524. The minimum Gasteiger partial charge on any atom is -0.457 e. The molecule has 1 aliphatic heterocycles. The van der Waals surface area contributed by atoms with Crippen LogP contribution in [0.25, 0.3) is 6.08 Å². The predicted octanol–water partition coefficient (Wildman–Crippen LogP) is 2.89. The number of ether oxygens (including phenoxy) is 2. The number of esters is 1. The largest absolute Gasteiger partial charge is 0.457 e. The smallest absolute Gasteiger partial charge is 0.407 e. The highest BCUT2D eigenvalue weighted by molar-refractivity contribution is 5.94. The van der Waals surface area contributed by atoms with Gasteiger partial charge < -0.3 is 14.8 Å². The Morgan fingerprint density at radius 2 is 2.19 bits per heavy atom. The summed E-state index contributed by atoms with van der Waals surface area (Å²) in [6.45, 7) is 6.14. The number of carbonyl (C=O) groups is 2. The lowest BCUT2D eigenvalue weighted by Gasteiger charge is -2.19. The Labute approximate surface area is 123 Å².